The number of amides is 1. The molecular weight excluding hydrogens is 228 g/mol. The summed E-state index contributed by atoms with van der Waals surface area (Å²) in [5, 5.41) is 11.6. The van der Waals surface area contributed by atoms with Crippen LogP contribution in [0, 0.1) is 11.3 Å². The Bertz CT molecular complexity index is 459. The van der Waals surface area contributed by atoms with Crippen LogP contribution in [0.25, 0.3) is 0 Å². The van der Waals surface area contributed by atoms with E-state index in [2.05, 4.69) is 16.4 Å². The molecule has 0 bridgehead atoms. The predicted molar refractivity (Wildman–Crippen MR) is 68.1 cm³/mol. The first-order valence-electron chi connectivity index (χ1n) is 6.08. The van der Waals surface area contributed by atoms with Crippen LogP contribution in [0.4, 0.5) is 5.69 Å². The number of carbonyl (C=O) groups excluding carboxylic acids is 1. The molecule has 1 N–H and O–H groups in total. The summed E-state index contributed by atoms with van der Waals surface area (Å²) in [5.41, 5.74) is 1.32. The number of anilines is 1. The van der Waals surface area contributed by atoms with Gasteiger partial charge in [-0.3, -0.25) is 4.79 Å². The Labute approximate surface area is 106 Å². The van der Waals surface area contributed by atoms with Crippen molar-refractivity contribution in [3.05, 3.63) is 24.0 Å². The fourth-order valence-electron chi connectivity index (χ4n) is 1.82. The van der Waals surface area contributed by atoms with E-state index in [1.807, 2.05) is 13.1 Å². The third kappa shape index (κ3) is 2.77. The number of aromatic nitrogens is 1. The van der Waals surface area contributed by atoms with E-state index in [0.29, 0.717) is 24.7 Å². The summed E-state index contributed by atoms with van der Waals surface area (Å²) < 4.78 is 0. The number of hydrogen-bond donors (Lipinski definition) is 1. The lowest BCUT2D eigenvalue weighted by Crippen LogP contribution is -2.34. The Morgan fingerprint density at radius 2 is 2.39 bits per heavy atom. The number of carbonyl (C=O) groups is 1. The zero-order valence-electron chi connectivity index (χ0n) is 10.4. The van der Waals surface area contributed by atoms with Crippen LogP contribution >= 0.6 is 0 Å². The second-order valence-electron chi connectivity index (χ2n) is 4.32. The summed E-state index contributed by atoms with van der Waals surface area (Å²) >= 11 is 0. The Kier molecular flexibility index (Phi) is 3.78. The van der Waals surface area contributed by atoms with Crippen molar-refractivity contribution in [1.82, 2.24) is 9.88 Å². The zero-order chi connectivity index (χ0) is 13.0. The first kappa shape index (κ1) is 12.4. The molecule has 5 nitrogen and oxygen atoms in total. The normalized spacial score (nSPS) is 13.8. The monoisotopic (exact) mass is 244 g/mol. The lowest BCUT2D eigenvalue weighted by Gasteiger charge is -2.20. The fourth-order valence-corrected chi connectivity index (χ4v) is 1.82. The molecule has 1 aromatic heterocycles. The highest BCUT2D eigenvalue weighted by Gasteiger charge is 2.33. The Morgan fingerprint density at radius 3 is 2.89 bits per heavy atom. The lowest BCUT2D eigenvalue weighted by atomic mass is 10.2. The highest BCUT2D eigenvalue weighted by atomic mass is 16.2. The van der Waals surface area contributed by atoms with Crippen molar-refractivity contribution in [2.75, 3.05) is 18.9 Å². The van der Waals surface area contributed by atoms with Gasteiger partial charge in [0.2, 0.25) is 0 Å². The number of nitrogens with zero attached hydrogens (tertiary/aromatic N) is 3. The number of rotatable bonds is 5. The van der Waals surface area contributed by atoms with Crippen molar-refractivity contribution in [1.29, 1.82) is 5.26 Å². The van der Waals surface area contributed by atoms with Gasteiger partial charge in [-0.1, -0.05) is 0 Å². The molecule has 5 heteroatoms. The molecule has 0 saturated heterocycles. The van der Waals surface area contributed by atoms with Crippen molar-refractivity contribution >= 4 is 11.6 Å². The van der Waals surface area contributed by atoms with Gasteiger partial charge in [0, 0.05) is 19.6 Å². The number of nitriles is 1. The van der Waals surface area contributed by atoms with E-state index in [0.717, 1.165) is 18.5 Å². The quantitative estimate of drug-likeness (QED) is 0.855. The van der Waals surface area contributed by atoms with Gasteiger partial charge in [-0.2, -0.15) is 5.26 Å². The van der Waals surface area contributed by atoms with Gasteiger partial charge in [0.15, 0.2) is 0 Å². The maximum Gasteiger partial charge on any atom is 0.272 e. The molecular formula is C13H16N4O. The maximum absolute atomic E-state index is 12.3. The van der Waals surface area contributed by atoms with Crippen molar-refractivity contribution in [2.24, 2.45) is 0 Å². The molecule has 0 aliphatic heterocycles. The standard InChI is InChI=1S/C13H16N4O/c1-15-10-3-6-12(16-9-10)13(18)17(8-2-7-14)11-4-5-11/h3,6,9,11,15H,2,4-5,8H2,1H3. The summed E-state index contributed by atoms with van der Waals surface area (Å²) in [6.45, 7) is 0.495. The van der Waals surface area contributed by atoms with E-state index in [1.54, 1.807) is 17.2 Å². The Morgan fingerprint density at radius 1 is 1.61 bits per heavy atom. The Hall–Kier alpha value is -2.09. The molecule has 1 saturated carbocycles. The third-order valence-corrected chi connectivity index (χ3v) is 2.98. The molecule has 1 fully saturated rings. The van der Waals surface area contributed by atoms with E-state index in [4.69, 9.17) is 5.26 Å². The molecule has 1 amide bonds. The predicted octanol–water partition coefficient (Wildman–Crippen LogP) is 1.64. The SMILES string of the molecule is CNc1ccc(C(=O)N(CCC#N)C2CC2)nc1. The number of nitrogens with one attached hydrogen (secondary N) is 1. The van der Waals surface area contributed by atoms with Gasteiger partial charge in [0.25, 0.3) is 5.91 Å². The molecule has 2 rings (SSSR count). The van der Waals surface area contributed by atoms with E-state index in [9.17, 15) is 4.79 Å². The van der Waals surface area contributed by atoms with Crippen LogP contribution in [-0.2, 0) is 0 Å². The van der Waals surface area contributed by atoms with Gasteiger partial charge >= 0.3 is 0 Å². The largest absolute Gasteiger partial charge is 0.387 e. The van der Waals surface area contributed by atoms with Crippen LogP contribution in [0.2, 0.25) is 0 Å². The van der Waals surface area contributed by atoms with Gasteiger partial charge in [-0.15, -0.1) is 0 Å². The molecule has 0 spiro atoms. The summed E-state index contributed by atoms with van der Waals surface area (Å²) in [7, 11) is 1.81. The second kappa shape index (κ2) is 5.50. The van der Waals surface area contributed by atoms with Crippen LogP contribution in [0.5, 0.6) is 0 Å². The van der Waals surface area contributed by atoms with Crippen molar-refractivity contribution < 1.29 is 4.79 Å². The average Bonchev–Trinajstić information content (AvgIpc) is 3.24. The van der Waals surface area contributed by atoms with Gasteiger partial charge in [-0.05, 0) is 25.0 Å². The smallest absolute Gasteiger partial charge is 0.272 e. The molecule has 1 heterocycles. The summed E-state index contributed by atoms with van der Waals surface area (Å²) in [6.07, 6.45) is 4.08. The Balaban J connectivity index is 2.09. The minimum atomic E-state index is -0.0737. The van der Waals surface area contributed by atoms with Crippen LogP contribution < -0.4 is 5.32 Å². The van der Waals surface area contributed by atoms with Crippen LogP contribution in [0.15, 0.2) is 18.3 Å². The molecule has 94 valence electrons. The molecule has 1 aliphatic rings. The summed E-state index contributed by atoms with van der Waals surface area (Å²) in [4.78, 5) is 18.2. The van der Waals surface area contributed by atoms with Crippen molar-refractivity contribution in [2.45, 2.75) is 25.3 Å². The lowest BCUT2D eigenvalue weighted by molar-refractivity contribution is 0.0741. The summed E-state index contributed by atoms with van der Waals surface area (Å²) in [6, 6.07) is 5.93. The van der Waals surface area contributed by atoms with Crippen molar-refractivity contribution in [3.8, 4) is 6.07 Å². The first-order valence-corrected chi connectivity index (χ1v) is 6.08. The minimum absolute atomic E-state index is 0.0737. The fraction of sp³-hybridized carbons (Fsp3) is 0.462. The molecule has 0 atom stereocenters. The van der Waals surface area contributed by atoms with Gasteiger partial charge in [0.05, 0.1) is 24.4 Å². The average molecular weight is 244 g/mol. The van der Waals surface area contributed by atoms with E-state index < -0.39 is 0 Å². The minimum Gasteiger partial charge on any atom is -0.387 e. The molecule has 0 radical (unpaired) electrons. The van der Waals surface area contributed by atoms with E-state index in [1.165, 1.54) is 0 Å². The molecule has 18 heavy (non-hydrogen) atoms. The molecule has 0 unspecified atom stereocenters. The zero-order valence-corrected chi connectivity index (χ0v) is 10.4. The highest BCUT2D eigenvalue weighted by Crippen LogP contribution is 2.28. The first-order chi connectivity index (χ1) is 8.76. The van der Waals surface area contributed by atoms with Crippen molar-refractivity contribution in [3.63, 3.8) is 0 Å². The molecule has 1 aromatic rings. The summed E-state index contributed by atoms with van der Waals surface area (Å²) in [5.74, 6) is -0.0737. The number of hydrogen-bond acceptors (Lipinski definition) is 4. The van der Waals surface area contributed by atoms with E-state index >= 15 is 0 Å². The van der Waals surface area contributed by atoms with E-state index in [-0.39, 0.29) is 5.91 Å². The molecule has 0 aromatic carbocycles. The van der Waals surface area contributed by atoms with Crippen LogP contribution in [-0.4, -0.2) is 35.4 Å². The van der Waals surface area contributed by atoms with Gasteiger partial charge in [0.1, 0.15) is 5.69 Å². The number of pyridine rings is 1. The van der Waals surface area contributed by atoms with Crippen LogP contribution in [0.3, 0.4) is 0 Å². The van der Waals surface area contributed by atoms with Crippen LogP contribution in [0.1, 0.15) is 29.8 Å². The van der Waals surface area contributed by atoms with Gasteiger partial charge in [-0.25, -0.2) is 4.98 Å². The second-order valence-corrected chi connectivity index (χ2v) is 4.32. The topological polar surface area (TPSA) is 69.0 Å². The third-order valence-electron chi connectivity index (χ3n) is 2.98. The molecule has 1 aliphatic carbocycles. The highest BCUT2D eigenvalue weighted by molar-refractivity contribution is 5.93. The maximum atomic E-state index is 12.3. The van der Waals surface area contributed by atoms with Gasteiger partial charge < -0.3 is 10.2 Å².